The second kappa shape index (κ2) is 5.35. The first-order chi connectivity index (χ1) is 8.91. The van der Waals surface area contributed by atoms with Gasteiger partial charge >= 0.3 is 0 Å². The molecule has 3 heteroatoms. The molecule has 102 valence electrons. The first-order valence-electron chi connectivity index (χ1n) is 6.46. The van der Waals surface area contributed by atoms with Crippen LogP contribution in [0.5, 0.6) is 5.75 Å². The summed E-state index contributed by atoms with van der Waals surface area (Å²) in [5.41, 5.74) is -0.213. The van der Waals surface area contributed by atoms with E-state index in [4.69, 9.17) is 4.74 Å². The Labute approximate surface area is 118 Å². The summed E-state index contributed by atoms with van der Waals surface area (Å²) < 4.78 is 5.80. The molecule has 1 unspecified atom stereocenters. The van der Waals surface area contributed by atoms with Crippen molar-refractivity contribution >= 4 is 11.3 Å². The molecule has 1 heterocycles. The van der Waals surface area contributed by atoms with Crippen LogP contribution in [0.3, 0.4) is 0 Å². The molecule has 1 atom stereocenters. The molecule has 0 fully saturated rings. The van der Waals surface area contributed by atoms with Crippen molar-refractivity contribution in [2.75, 3.05) is 0 Å². The van der Waals surface area contributed by atoms with Gasteiger partial charge in [0.2, 0.25) is 0 Å². The minimum atomic E-state index is -1.02. The Hall–Kier alpha value is -1.32. The maximum absolute atomic E-state index is 10.9. The highest BCUT2D eigenvalue weighted by atomic mass is 32.1. The Balaban J connectivity index is 2.45. The molecule has 0 amide bonds. The van der Waals surface area contributed by atoms with Crippen molar-refractivity contribution in [1.82, 2.24) is 0 Å². The molecule has 0 spiro atoms. The quantitative estimate of drug-likeness (QED) is 0.911. The summed E-state index contributed by atoms with van der Waals surface area (Å²) in [6.45, 7) is 7.84. The lowest BCUT2D eigenvalue weighted by Crippen LogP contribution is -2.23. The van der Waals surface area contributed by atoms with Crippen molar-refractivity contribution in [3.05, 3.63) is 51.7 Å². The maximum atomic E-state index is 10.9. The van der Waals surface area contributed by atoms with E-state index in [-0.39, 0.29) is 6.10 Å². The fraction of sp³-hybridized carbons (Fsp3) is 0.375. The molecule has 1 aromatic heterocycles. The fourth-order valence-electron chi connectivity index (χ4n) is 2.05. The zero-order chi connectivity index (χ0) is 14.0. The van der Waals surface area contributed by atoms with Crippen LogP contribution in [0, 0.1) is 6.92 Å². The molecule has 0 aliphatic rings. The zero-order valence-electron chi connectivity index (χ0n) is 11.8. The summed E-state index contributed by atoms with van der Waals surface area (Å²) in [5.74, 6) is 0.744. The number of thiophene rings is 1. The van der Waals surface area contributed by atoms with Crippen LogP contribution in [0.1, 0.15) is 36.1 Å². The fourth-order valence-corrected chi connectivity index (χ4v) is 2.98. The van der Waals surface area contributed by atoms with Gasteiger partial charge in [0.05, 0.1) is 6.10 Å². The molecule has 0 radical (unpaired) electrons. The van der Waals surface area contributed by atoms with Gasteiger partial charge in [-0.15, -0.1) is 11.3 Å². The molecule has 19 heavy (non-hydrogen) atoms. The summed E-state index contributed by atoms with van der Waals surface area (Å²) in [7, 11) is 0. The molecule has 1 aromatic carbocycles. The number of aliphatic hydroxyl groups is 1. The van der Waals surface area contributed by atoms with Gasteiger partial charge < -0.3 is 9.84 Å². The van der Waals surface area contributed by atoms with E-state index < -0.39 is 5.60 Å². The molecule has 0 aliphatic heterocycles. The van der Waals surface area contributed by atoms with E-state index >= 15 is 0 Å². The van der Waals surface area contributed by atoms with E-state index in [9.17, 15) is 5.11 Å². The van der Waals surface area contributed by atoms with E-state index in [1.54, 1.807) is 11.3 Å². The number of hydrogen-bond donors (Lipinski definition) is 1. The lowest BCUT2D eigenvalue weighted by molar-refractivity contribution is 0.0996. The summed E-state index contributed by atoms with van der Waals surface area (Å²) >= 11 is 1.61. The number of para-hydroxylation sites is 1. The van der Waals surface area contributed by atoms with Crippen molar-refractivity contribution in [2.24, 2.45) is 0 Å². The number of aryl methyl sites for hydroxylation is 1. The molecule has 0 saturated heterocycles. The largest absolute Gasteiger partial charge is 0.491 e. The van der Waals surface area contributed by atoms with Crippen LogP contribution in [0.2, 0.25) is 0 Å². The molecule has 0 aliphatic carbocycles. The third-order valence-electron chi connectivity index (χ3n) is 2.99. The van der Waals surface area contributed by atoms with Gasteiger partial charge in [-0.1, -0.05) is 18.2 Å². The van der Waals surface area contributed by atoms with Gasteiger partial charge in [0.1, 0.15) is 11.4 Å². The first-order valence-corrected chi connectivity index (χ1v) is 7.28. The predicted octanol–water partition coefficient (Wildman–Crippen LogP) is 4.10. The van der Waals surface area contributed by atoms with Crippen LogP contribution in [0.15, 0.2) is 36.4 Å². The van der Waals surface area contributed by atoms with E-state index in [1.165, 1.54) is 4.88 Å². The number of hydrogen-bond acceptors (Lipinski definition) is 3. The minimum absolute atomic E-state index is 0.0852. The van der Waals surface area contributed by atoms with Gasteiger partial charge in [0, 0.05) is 15.3 Å². The minimum Gasteiger partial charge on any atom is -0.491 e. The third-order valence-corrected chi connectivity index (χ3v) is 4.21. The zero-order valence-corrected chi connectivity index (χ0v) is 12.6. The average Bonchev–Trinajstić information content (AvgIpc) is 2.76. The Bertz CT molecular complexity index is 555. The number of ether oxygens (including phenoxy) is 1. The van der Waals surface area contributed by atoms with Gasteiger partial charge in [-0.3, -0.25) is 0 Å². The van der Waals surface area contributed by atoms with Crippen molar-refractivity contribution < 1.29 is 9.84 Å². The lowest BCUT2D eigenvalue weighted by atomic mass is 9.93. The van der Waals surface area contributed by atoms with Gasteiger partial charge in [0.15, 0.2) is 0 Å². The van der Waals surface area contributed by atoms with Crippen LogP contribution in [-0.2, 0) is 5.60 Å². The molecule has 1 N–H and O–H groups in total. The standard InChI is InChI=1S/C16H20O2S/c1-11(2)18-14-8-6-5-7-13(14)16(4,17)15-10-9-12(3)19-15/h5-11,17H,1-4H3. The van der Waals surface area contributed by atoms with Crippen LogP contribution < -0.4 is 4.74 Å². The van der Waals surface area contributed by atoms with E-state index in [0.717, 1.165) is 16.2 Å². The van der Waals surface area contributed by atoms with Crippen LogP contribution >= 0.6 is 11.3 Å². The number of benzene rings is 1. The summed E-state index contributed by atoms with van der Waals surface area (Å²) in [6, 6.07) is 11.7. The Morgan fingerprint density at radius 2 is 1.84 bits per heavy atom. The average molecular weight is 276 g/mol. The predicted molar refractivity (Wildman–Crippen MR) is 79.9 cm³/mol. The second-order valence-electron chi connectivity index (χ2n) is 5.15. The Kier molecular flexibility index (Phi) is 3.97. The van der Waals surface area contributed by atoms with Gasteiger partial charge in [-0.25, -0.2) is 0 Å². The monoisotopic (exact) mass is 276 g/mol. The Morgan fingerprint density at radius 1 is 1.16 bits per heavy atom. The smallest absolute Gasteiger partial charge is 0.126 e. The van der Waals surface area contributed by atoms with E-state index in [0.29, 0.717) is 0 Å². The molecular formula is C16H20O2S. The van der Waals surface area contributed by atoms with Crippen LogP contribution in [0.25, 0.3) is 0 Å². The first kappa shape index (κ1) is 14.1. The summed E-state index contributed by atoms with van der Waals surface area (Å²) in [6.07, 6.45) is 0.0852. The highest BCUT2D eigenvalue weighted by Crippen LogP contribution is 2.38. The van der Waals surface area contributed by atoms with Gasteiger partial charge in [0.25, 0.3) is 0 Å². The molecule has 0 saturated carbocycles. The lowest BCUT2D eigenvalue weighted by Gasteiger charge is -2.26. The highest BCUT2D eigenvalue weighted by molar-refractivity contribution is 7.12. The van der Waals surface area contributed by atoms with Crippen molar-refractivity contribution in [3.8, 4) is 5.75 Å². The van der Waals surface area contributed by atoms with Gasteiger partial charge in [-0.2, -0.15) is 0 Å². The summed E-state index contributed by atoms with van der Waals surface area (Å²) in [4.78, 5) is 2.13. The molecule has 2 aromatic rings. The Morgan fingerprint density at radius 3 is 2.42 bits per heavy atom. The van der Waals surface area contributed by atoms with Crippen LogP contribution in [0.4, 0.5) is 0 Å². The highest BCUT2D eigenvalue weighted by Gasteiger charge is 2.30. The van der Waals surface area contributed by atoms with Crippen molar-refractivity contribution in [2.45, 2.75) is 39.4 Å². The molecule has 2 rings (SSSR count). The maximum Gasteiger partial charge on any atom is 0.126 e. The second-order valence-corrected chi connectivity index (χ2v) is 6.43. The SMILES string of the molecule is Cc1ccc(C(C)(O)c2ccccc2OC(C)C)s1. The third kappa shape index (κ3) is 2.99. The van der Waals surface area contributed by atoms with Crippen molar-refractivity contribution in [3.63, 3.8) is 0 Å². The van der Waals surface area contributed by atoms with E-state index in [2.05, 4.69) is 0 Å². The molecular weight excluding hydrogens is 256 g/mol. The molecule has 2 nitrogen and oxygen atoms in total. The summed E-state index contributed by atoms with van der Waals surface area (Å²) in [5, 5.41) is 10.9. The normalized spacial score (nSPS) is 14.4. The van der Waals surface area contributed by atoms with Crippen LogP contribution in [-0.4, -0.2) is 11.2 Å². The van der Waals surface area contributed by atoms with Gasteiger partial charge in [-0.05, 0) is 45.9 Å². The molecule has 0 bridgehead atoms. The topological polar surface area (TPSA) is 29.5 Å². The van der Waals surface area contributed by atoms with Crippen molar-refractivity contribution in [1.29, 1.82) is 0 Å². The number of rotatable bonds is 4. The van der Waals surface area contributed by atoms with E-state index in [1.807, 2.05) is 64.1 Å².